The normalized spacial score (nSPS) is 19.3. The van der Waals surface area contributed by atoms with E-state index >= 15 is 0 Å². The van der Waals surface area contributed by atoms with Crippen molar-refractivity contribution in [1.29, 1.82) is 0 Å². The number of nitrogens with one attached hydrogen (secondary N) is 1. The van der Waals surface area contributed by atoms with Crippen molar-refractivity contribution < 1.29 is 8.78 Å². The first-order valence-corrected chi connectivity index (χ1v) is 8.93. The highest BCUT2D eigenvalue weighted by molar-refractivity contribution is 5.83. The van der Waals surface area contributed by atoms with Gasteiger partial charge in [0, 0.05) is 29.7 Å². The van der Waals surface area contributed by atoms with E-state index in [2.05, 4.69) is 9.88 Å². The van der Waals surface area contributed by atoms with Crippen molar-refractivity contribution in [3.8, 4) is 0 Å². The van der Waals surface area contributed by atoms with E-state index in [1.54, 1.807) is 0 Å². The second-order valence-corrected chi connectivity index (χ2v) is 7.13. The quantitative estimate of drug-likeness (QED) is 0.811. The van der Waals surface area contributed by atoms with Gasteiger partial charge in [-0.25, -0.2) is 8.78 Å². The first kappa shape index (κ1) is 15.1. The van der Waals surface area contributed by atoms with Gasteiger partial charge in [0.2, 0.25) is 0 Å². The Kier molecular flexibility index (Phi) is 4.10. The highest BCUT2D eigenvalue weighted by atomic mass is 19.1. The fourth-order valence-corrected chi connectivity index (χ4v) is 3.97. The minimum absolute atomic E-state index is 0.427. The Morgan fingerprint density at radius 2 is 1.74 bits per heavy atom. The molecule has 2 fully saturated rings. The van der Waals surface area contributed by atoms with Crippen LogP contribution in [0.4, 0.5) is 8.78 Å². The lowest BCUT2D eigenvalue weighted by molar-refractivity contribution is 0.0397. The molecular weight excluding hydrogens is 294 g/mol. The van der Waals surface area contributed by atoms with Crippen molar-refractivity contribution in [2.75, 3.05) is 6.54 Å². The minimum Gasteiger partial charge on any atom is -0.359 e. The van der Waals surface area contributed by atoms with Crippen LogP contribution in [0.1, 0.15) is 50.5 Å². The third kappa shape index (κ3) is 2.89. The maximum absolute atomic E-state index is 13.7. The number of hydrogen-bond donors (Lipinski definition) is 1. The Labute approximate surface area is 135 Å². The van der Waals surface area contributed by atoms with Crippen LogP contribution in [0.3, 0.4) is 0 Å². The topological polar surface area (TPSA) is 19.0 Å². The highest BCUT2D eigenvalue weighted by Crippen LogP contribution is 2.34. The molecule has 4 heteroatoms. The molecule has 0 aliphatic heterocycles. The zero-order valence-electron chi connectivity index (χ0n) is 13.5. The summed E-state index contributed by atoms with van der Waals surface area (Å²) in [6.07, 6.45) is 11.9. The van der Waals surface area contributed by atoms with Crippen LogP contribution in [0.25, 0.3) is 10.9 Å². The molecule has 0 spiro atoms. The molecule has 0 amide bonds. The Morgan fingerprint density at radius 1 is 1.04 bits per heavy atom. The molecule has 124 valence electrons. The van der Waals surface area contributed by atoms with Gasteiger partial charge in [-0.2, -0.15) is 0 Å². The zero-order chi connectivity index (χ0) is 15.8. The highest BCUT2D eigenvalue weighted by Gasteiger charge is 2.32. The number of benzene rings is 1. The van der Waals surface area contributed by atoms with Gasteiger partial charge in [-0.05, 0) is 56.7 Å². The SMILES string of the molecule is Fc1cc(F)c2[nH]cc(CCCN(C3CCC3)C3CCC3)c2c1. The standard InChI is InChI=1S/C19H24F2N2/c20-14-10-17-13(12-22-19(17)18(21)11-14)4-3-9-23(15-5-1-6-15)16-7-2-8-16/h10-12,15-16,22H,1-9H2. The lowest BCUT2D eigenvalue weighted by Gasteiger charge is -2.46. The molecule has 0 unspecified atom stereocenters. The Bertz CT molecular complexity index is 672. The molecule has 0 bridgehead atoms. The van der Waals surface area contributed by atoms with Gasteiger partial charge >= 0.3 is 0 Å². The molecule has 23 heavy (non-hydrogen) atoms. The first-order valence-electron chi connectivity index (χ1n) is 8.93. The summed E-state index contributed by atoms with van der Waals surface area (Å²) in [6.45, 7) is 1.11. The fraction of sp³-hybridized carbons (Fsp3) is 0.579. The molecule has 1 aromatic heterocycles. The molecule has 0 saturated heterocycles. The van der Waals surface area contributed by atoms with Gasteiger partial charge in [-0.15, -0.1) is 0 Å². The smallest absolute Gasteiger partial charge is 0.150 e. The summed E-state index contributed by atoms with van der Waals surface area (Å²) in [6, 6.07) is 3.97. The van der Waals surface area contributed by atoms with Crippen LogP contribution in [-0.2, 0) is 6.42 Å². The molecular formula is C19H24F2N2. The summed E-state index contributed by atoms with van der Waals surface area (Å²) in [5.74, 6) is -1.00. The molecule has 2 saturated carbocycles. The van der Waals surface area contributed by atoms with Crippen molar-refractivity contribution in [1.82, 2.24) is 9.88 Å². The molecule has 2 aliphatic carbocycles. The van der Waals surface area contributed by atoms with Gasteiger partial charge < -0.3 is 4.98 Å². The van der Waals surface area contributed by atoms with Gasteiger partial charge in [0.25, 0.3) is 0 Å². The molecule has 2 nitrogen and oxygen atoms in total. The number of aromatic nitrogens is 1. The summed E-state index contributed by atoms with van der Waals surface area (Å²) in [5, 5.41) is 0.696. The summed E-state index contributed by atoms with van der Waals surface area (Å²) in [4.78, 5) is 5.67. The molecule has 1 heterocycles. The largest absolute Gasteiger partial charge is 0.359 e. The Hall–Kier alpha value is -1.42. The molecule has 0 radical (unpaired) electrons. The lowest BCUT2D eigenvalue weighted by Crippen LogP contribution is -2.49. The van der Waals surface area contributed by atoms with E-state index in [-0.39, 0.29) is 0 Å². The number of fused-ring (bicyclic) bond motifs is 1. The van der Waals surface area contributed by atoms with E-state index in [1.807, 2.05) is 6.20 Å². The third-order valence-electron chi connectivity index (χ3n) is 5.74. The van der Waals surface area contributed by atoms with E-state index in [1.165, 1.54) is 44.6 Å². The van der Waals surface area contributed by atoms with Crippen molar-refractivity contribution in [2.24, 2.45) is 0 Å². The lowest BCUT2D eigenvalue weighted by atomic mass is 9.84. The maximum Gasteiger partial charge on any atom is 0.150 e. The van der Waals surface area contributed by atoms with E-state index in [0.717, 1.165) is 43.1 Å². The van der Waals surface area contributed by atoms with Gasteiger partial charge in [0.1, 0.15) is 11.6 Å². The van der Waals surface area contributed by atoms with E-state index in [4.69, 9.17) is 0 Å². The number of aromatic amines is 1. The number of H-pyrrole nitrogens is 1. The summed E-state index contributed by atoms with van der Waals surface area (Å²) in [7, 11) is 0. The first-order chi connectivity index (χ1) is 11.2. The van der Waals surface area contributed by atoms with Gasteiger partial charge in [0.15, 0.2) is 0 Å². The van der Waals surface area contributed by atoms with Gasteiger partial charge in [-0.1, -0.05) is 12.8 Å². The third-order valence-corrected chi connectivity index (χ3v) is 5.74. The van der Waals surface area contributed by atoms with Crippen LogP contribution in [-0.4, -0.2) is 28.5 Å². The average Bonchev–Trinajstić information content (AvgIpc) is 2.78. The van der Waals surface area contributed by atoms with Crippen LogP contribution >= 0.6 is 0 Å². The molecule has 4 rings (SSSR count). The minimum atomic E-state index is -0.503. The average molecular weight is 318 g/mol. The zero-order valence-corrected chi connectivity index (χ0v) is 13.5. The number of halogens is 2. The number of rotatable bonds is 6. The van der Waals surface area contributed by atoms with Crippen molar-refractivity contribution in [3.63, 3.8) is 0 Å². The molecule has 1 aromatic carbocycles. The number of hydrogen-bond acceptors (Lipinski definition) is 1. The molecule has 2 aromatic rings. The van der Waals surface area contributed by atoms with Crippen LogP contribution in [0.5, 0.6) is 0 Å². The summed E-state index contributed by atoms with van der Waals surface area (Å²) >= 11 is 0. The van der Waals surface area contributed by atoms with Crippen LogP contribution in [0.15, 0.2) is 18.3 Å². The molecule has 0 atom stereocenters. The van der Waals surface area contributed by atoms with Crippen LogP contribution < -0.4 is 0 Å². The number of nitrogens with zero attached hydrogens (tertiary/aromatic N) is 1. The second-order valence-electron chi connectivity index (χ2n) is 7.13. The van der Waals surface area contributed by atoms with Crippen LogP contribution in [0, 0.1) is 11.6 Å². The monoisotopic (exact) mass is 318 g/mol. The van der Waals surface area contributed by atoms with E-state index in [9.17, 15) is 8.78 Å². The number of aryl methyl sites for hydroxylation is 1. The second kappa shape index (κ2) is 6.23. The van der Waals surface area contributed by atoms with Crippen molar-refractivity contribution in [3.05, 3.63) is 35.5 Å². The van der Waals surface area contributed by atoms with E-state index < -0.39 is 11.6 Å². The van der Waals surface area contributed by atoms with Crippen molar-refractivity contribution >= 4 is 10.9 Å². The predicted molar refractivity (Wildman–Crippen MR) is 88.5 cm³/mol. The summed E-state index contributed by atoms with van der Waals surface area (Å²) in [5.41, 5.74) is 1.46. The van der Waals surface area contributed by atoms with Gasteiger partial charge in [-0.3, -0.25) is 4.90 Å². The Morgan fingerprint density at radius 3 is 2.35 bits per heavy atom. The fourth-order valence-electron chi connectivity index (χ4n) is 3.97. The van der Waals surface area contributed by atoms with E-state index in [0.29, 0.717) is 10.9 Å². The molecule has 1 N–H and O–H groups in total. The summed E-state index contributed by atoms with van der Waals surface area (Å²) < 4.78 is 27.2. The molecule has 2 aliphatic rings. The predicted octanol–water partition coefficient (Wildman–Crippen LogP) is 4.79. The maximum atomic E-state index is 13.7. The van der Waals surface area contributed by atoms with Gasteiger partial charge in [0.05, 0.1) is 5.52 Å². The van der Waals surface area contributed by atoms with Crippen LogP contribution in [0.2, 0.25) is 0 Å². The van der Waals surface area contributed by atoms with Crippen molar-refractivity contribution in [2.45, 2.75) is 63.5 Å². The Balaban J connectivity index is 1.42.